The Hall–Kier alpha value is -3.87. The predicted molar refractivity (Wildman–Crippen MR) is 127 cm³/mol. The van der Waals surface area contributed by atoms with Crippen molar-refractivity contribution in [3.63, 3.8) is 0 Å². The van der Waals surface area contributed by atoms with E-state index in [-0.39, 0.29) is 17.9 Å². The summed E-state index contributed by atoms with van der Waals surface area (Å²) >= 11 is 0. The van der Waals surface area contributed by atoms with Crippen LogP contribution in [0.3, 0.4) is 0 Å². The van der Waals surface area contributed by atoms with Crippen LogP contribution in [0.1, 0.15) is 18.5 Å². The van der Waals surface area contributed by atoms with Crippen molar-refractivity contribution in [3.05, 3.63) is 84.6 Å². The van der Waals surface area contributed by atoms with Gasteiger partial charge in [0.15, 0.2) is 12.2 Å². The second kappa shape index (κ2) is 8.94. The molecule has 2 amide bonds. The number of anilines is 1. The van der Waals surface area contributed by atoms with E-state index in [2.05, 4.69) is 39.5 Å². The van der Waals surface area contributed by atoms with Crippen molar-refractivity contribution in [2.75, 3.05) is 31.1 Å². The molecule has 1 aromatic heterocycles. The number of nitrogens with one attached hydrogen (secondary N) is 1. The normalized spacial score (nSPS) is 15.0. The summed E-state index contributed by atoms with van der Waals surface area (Å²) in [6.07, 6.45) is 2.78. The topological polar surface area (TPSA) is 61.6 Å². The molecule has 33 heavy (non-hydrogen) atoms. The van der Waals surface area contributed by atoms with Crippen LogP contribution < -0.4 is 10.2 Å². The number of halogens is 1. The maximum absolute atomic E-state index is 14.6. The van der Waals surface area contributed by atoms with Gasteiger partial charge in [0.05, 0.1) is 17.8 Å². The fraction of sp³-hybridized carbons (Fsp3) is 0.231. The summed E-state index contributed by atoms with van der Waals surface area (Å²) in [5, 5.41) is 5.44. The largest absolute Gasteiger partial charge is 0.443 e. The second-order valence-electron chi connectivity index (χ2n) is 8.24. The molecule has 1 fully saturated rings. The summed E-state index contributed by atoms with van der Waals surface area (Å²) in [4.78, 5) is 20.7. The molecule has 7 heteroatoms. The van der Waals surface area contributed by atoms with Crippen molar-refractivity contribution in [2.24, 2.45) is 0 Å². The highest BCUT2D eigenvalue weighted by atomic mass is 19.1. The number of fused-ring (bicyclic) bond motifs is 1. The van der Waals surface area contributed by atoms with Gasteiger partial charge < -0.3 is 19.5 Å². The quantitative estimate of drug-likeness (QED) is 0.468. The monoisotopic (exact) mass is 444 g/mol. The van der Waals surface area contributed by atoms with Crippen LogP contribution in [0, 0.1) is 5.82 Å². The molecular weight excluding hydrogens is 419 g/mol. The number of hydrogen-bond acceptors (Lipinski definition) is 4. The molecule has 5 rings (SSSR count). The Morgan fingerprint density at radius 3 is 2.61 bits per heavy atom. The lowest BCUT2D eigenvalue weighted by Crippen LogP contribution is -2.52. The summed E-state index contributed by atoms with van der Waals surface area (Å²) in [7, 11) is 0. The fourth-order valence-corrected chi connectivity index (χ4v) is 4.40. The zero-order valence-corrected chi connectivity index (χ0v) is 18.4. The van der Waals surface area contributed by atoms with Crippen LogP contribution in [0.2, 0.25) is 0 Å². The van der Waals surface area contributed by atoms with Gasteiger partial charge in [-0.1, -0.05) is 42.5 Å². The number of rotatable bonds is 4. The van der Waals surface area contributed by atoms with Gasteiger partial charge in [0.25, 0.3) is 0 Å². The Labute approximate surface area is 191 Å². The smallest absolute Gasteiger partial charge is 0.317 e. The maximum atomic E-state index is 14.6. The van der Waals surface area contributed by atoms with Gasteiger partial charge in [-0.2, -0.15) is 0 Å². The van der Waals surface area contributed by atoms with E-state index in [1.165, 1.54) is 18.7 Å². The Bertz CT molecular complexity index is 1260. The van der Waals surface area contributed by atoms with Crippen LogP contribution in [-0.2, 0) is 0 Å². The predicted octanol–water partition coefficient (Wildman–Crippen LogP) is 5.23. The van der Waals surface area contributed by atoms with Crippen LogP contribution in [0.5, 0.6) is 0 Å². The van der Waals surface area contributed by atoms with Crippen molar-refractivity contribution >= 4 is 22.5 Å². The molecule has 0 saturated carbocycles. The molecule has 1 aliphatic rings. The van der Waals surface area contributed by atoms with Gasteiger partial charge >= 0.3 is 6.03 Å². The molecule has 2 heterocycles. The molecule has 6 nitrogen and oxygen atoms in total. The van der Waals surface area contributed by atoms with Crippen LogP contribution in [-0.4, -0.2) is 42.1 Å². The molecule has 4 aromatic rings. The number of aromatic nitrogens is 1. The van der Waals surface area contributed by atoms with Gasteiger partial charge in [-0.3, -0.25) is 0 Å². The van der Waals surface area contributed by atoms with E-state index in [4.69, 9.17) is 4.42 Å². The first kappa shape index (κ1) is 21.0. The number of benzene rings is 3. The molecule has 0 bridgehead atoms. The van der Waals surface area contributed by atoms with Crippen molar-refractivity contribution in [2.45, 2.75) is 13.0 Å². The van der Waals surface area contributed by atoms with Crippen LogP contribution >= 0.6 is 0 Å². The van der Waals surface area contributed by atoms with Crippen molar-refractivity contribution in [1.82, 2.24) is 15.2 Å². The Morgan fingerprint density at radius 1 is 1.06 bits per heavy atom. The van der Waals surface area contributed by atoms with Gasteiger partial charge in [-0.05, 0) is 41.5 Å². The third-order valence-corrected chi connectivity index (χ3v) is 6.21. The molecule has 1 aliphatic heterocycles. The number of hydrogen-bond donors (Lipinski definition) is 1. The lowest BCUT2D eigenvalue weighted by molar-refractivity contribution is 0.191. The minimum atomic E-state index is -0.353. The molecule has 1 atom stereocenters. The molecule has 1 saturated heterocycles. The number of piperazine rings is 1. The SMILES string of the molecule is C[C@H](NC(=O)N1CCN(c2ccc(-c3cnco3)c(F)c2)CC1)c1cccc2ccccc12. The second-order valence-corrected chi connectivity index (χ2v) is 8.24. The van der Waals surface area contributed by atoms with Gasteiger partial charge in [0.2, 0.25) is 0 Å². The first-order valence-electron chi connectivity index (χ1n) is 11.1. The summed E-state index contributed by atoms with van der Waals surface area (Å²) in [5.74, 6) is 0.0502. The number of urea groups is 1. The minimum Gasteiger partial charge on any atom is -0.443 e. The highest BCUT2D eigenvalue weighted by molar-refractivity contribution is 5.86. The van der Waals surface area contributed by atoms with Gasteiger partial charge in [0, 0.05) is 31.9 Å². The lowest BCUT2D eigenvalue weighted by Gasteiger charge is -2.36. The summed E-state index contributed by atoms with van der Waals surface area (Å²) in [6, 6.07) is 19.2. The molecule has 0 unspecified atom stereocenters. The van der Waals surface area contributed by atoms with E-state index in [1.54, 1.807) is 6.07 Å². The van der Waals surface area contributed by atoms with Crippen LogP contribution in [0.4, 0.5) is 14.9 Å². The maximum Gasteiger partial charge on any atom is 0.317 e. The first-order chi connectivity index (χ1) is 16.1. The highest BCUT2D eigenvalue weighted by Gasteiger charge is 2.23. The van der Waals surface area contributed by atoms with E-state index >= 15 is 0 Å². The van der Waals surface area contributed by atoms with Crippen molar-refractivity contribution in [1.29, 1.82) is 0 Å². The van der Waals surface area contributed by atoms with Crippen LogP contribution in [0.15, 0.2) is 77.7 Å². The van der Waals surface area contributed by atoms with Crippen molar-refractivity contribution < 1.29 is 13.6 Å². The summed E-state index contributed by atoms with van der Waals surface area (Å²) in [5.41, 5.74) is 2.28. The summed E-state index contributed by atoms with van der Waals surface area (Å²) < 4.78 is 19.8. The van der Waals surface area contributed by atoms with E-state index in [1.807, 2.05) is 36.1 Å². The molecule has 1 N–H and O–H groups in total. The molecule has 168 valence electrons. The number of nitrogens with zero attached hydrogens (tertiary/aromatic N) is 3. The van der Waals surface area contributed by atoms with E-state index in [0.717, 1.165) is 22.0 Å². The van der Waals surface area contributed by atoms with E-state index in [0.29, 0.717) is 37.5 Å². The number of amides is 2. The molecule has 3 aromatic carbocycles. The van der Waals surface area contributed by atoms with E-state index < -0.39 is 0 Å². The number of oxazole rings is 1. The standard InChI is InChI=1S/C26H25FN4O2/c1-18(21-8-4-6-19-5-2-3-7-22(19)21)29-26(32)31-13-11-30(12-14-31)20-9-10-23(24(27)15-20)25-16-28-17-33-25/h2-10,15-18H,11-14H2,1H3,(H,29,32)/t18-/m0/s1. The highest BCUT2D eigenvalue weighted by Crippen LogP contribution is 2.28. The average Bonchev–Trinajstić information content (AvgIpc) is 3.38. The fourth-order valence-electron chi connectivity index (χ4n) is 4.40. The first-order valence-corrected chi connectivity index (χ1v) is 11.1. The average molecular weight is 445 g/mol. The van der Waals surface area contributed by atoms with Gasteiger partial charge in [-0.25, -0.2) is 14.2 Å². The minimum absolute atomic E-state index is 0.0815. The van der Waals surface area contributed by atoms with Gasteiger partial charge in [-0.15, -0.1) is 0 Å². The van der Waals surface area contributed by atoms with Gasteiger partial charge in [0.1, 0.15) is 5.82 Å². The third kappa shape index (κ3) is 4.26. The molecule has 0 radical (unpaired) electrons. The van der Waals surface area contributed by atoms with E-state index in [9.17, 15) is 9.18 Å². The third-order valence-electron chi connectivity index (χ3n) is 6.21. The Balaban J connectivity index is 1.21. The van der Waals surface area contributed by atoms with Crippen molar-refractivity contribution in [3.8, 4) is 11.3 Å². The van der Waals surface area contributed by atoms with Crippen LogP contribution in [0.25, 0.3) is 22.1 Å². The number of carbonyl (C=O) groups excluding carboxylic acids is 1. The molecule has 0 aliphatic carbocycles. The number of carbonyl (C=O) groups is 1. The zero-order chi connectivity index (χ0) is 22.8. The zero-order valence-electron chi connectivity index (χ0n) is 18.4. The Kier molecular flexibility index (Phi) is 5.69. The molecule has 0 spiro atoms. The summed E-state index contributed by atoms with van der Waals surface area (Å²) in [6.45, 7) is 4.42. The Morgan fingerprint density at radius 2 is 1.85 bits per heavy atom. The molecular formula is C26H25FN4O2. The lowest BCUT2D eigenvalue weighted by atomic mass is 10.00.